The van der Waals surface area contributed by atoms with Crippen LogP contribution in [-0.2, 0) is 4.79 Å². The van der Waals surface area contributed by atoms with Gasteiger partial charge in [-0.15, -0.1) is 0 Å². The predicted octanol–water partition coefficient (Wildman–Crippen LogP) is 1.97. The van der Waals surface area contributed by atoms with Crippen molar-refractivity contribution in [2.75, 3.05) is 27.2 Å². The van der Waals surface area contributed by atoms with Gasteiger partial charge < -0.3 is 9.42 Å². The molecule has 1 fully saturated rings. The van der Waals surface area contributed by atoms with Gasteiger partial charge in [0.25, 0.3) is 0 Å². The predicted molar refractivity (Wildman–Crippen MR) is 89.2 cm³/mol. The summed E-state index contributed by atoms with van der Waals surface area (Å²) in [6.45, 7) is 5.08. The van der Waals surface area contributed by atoms with Gasteiger partial charge in [0.05, 0.1) is 29.5 Å². The summed E-state index contributed by atoms with van der Waals surface area (Å²) in [7, 11) is 3.57. The molecule has 2 aromatic rings. The van der Waals surface area contributed by atoms with E-state index in [-0.39, 0.29) is 11.9 Å². The molecule has 0 saturated carbocycles. The highest BCUT2D eigenvalue weighted by atomic mass is 16.5. The number of carbonyl (C=O) groups excluding carboxylic acids is 1. The van der Waals surface area contributed by atoms with E-state index in [2.05, 4.69) is 15.0 Å². The van der Waals surface area contributed by atoms with E-state index in [0.717, 1.165) is 42.1 Å². The maximum atomic E-state index is 12.0. The molecule has 1 atom stereocenters. The topological polar surface area (TPSA) is 75.4 Å². The molecule has 2 aromatic heterocycles. The molecule has 7 nitrogen and oxygen atoms in total. The van der Waals surface area contributed by atoms with Gasteiger partial charge >= 0.3 is 0 Å². The van der Waals surface area contributed by atoms with E-state index in [4.69, 9.17) is 9.51 Å². The van der Waals surface area contributed by atoms with Crippen molar-refractivity contribution in [3.8, 4) is 11.4 Å². The van der Waals surface area contributed by atoms with Gasteiger partial charge in [-0.2, -0.15) is 0 Å². The third-order valence-corrected chi connectivity index (χ3v) is 4.48. The van der Waals surface area contributed by atoms with Crippen LogP contribution in [0.4, 0.5) is 0 Å². The zero-order chi connectivity index (χ0) is 17.3. The minimum absolute atomic E-state index is 0.113. The van der Waals surface area contributed by atoms with Crippen LogP contribution in [0.1, 0.15) is 36.0 Å². The quantitative estimate of drug-likeness (QED) is 0.854. The third kappa shape index (κ3) is 3.17. The van der Waals surface area contributed by atoms with Gasteiger partial charge in [0.15, 0.2) is 5.82 Å². The van der Waals surface area contributed by atoms with Crippen LogP contribution in [-0.4, -0.2) is 58.0 Å². The van der Waals surface area contributed by atoms with E-state index < -0.39 is 0 Å². The third-order valence-electron chi connectivity index (χ3n) is 4.48. The normalized spacial score (nSPS) is 18.1. The summed E-state index contributed by atoms with van der Waals surface area (Å²) in [6, 6.07) is 2.08. The summed E-state index contributed by atoms with van der Waals surface area (Å²) >= 11 is 0. The second-order valence-electron chi connectivity index (χ2n) is 6.42. The van der Waals surface area contributed by atoms with E-state index in [1.165, 1.54) is 0 Å². The number of nitrogens with zero attached hydrogens (tertiary/aromatic N) is 5. The Labute approximate surface area is 141 Å². The van der Waals surface area contributed by atoms with E-state index >= 15 is 0 Å². The highest BCUT2D eigenvalue weighted by Crippen LogP contribution is 2.32. The van der Waals surface area contributed by atoms with E-state index in [1.807, 2.05) is 19.9 Å². The lowest BCUT2D eigenvalue weighted by molar-refractivity contribution is -0.130. The summed E-state index contributed by atoms with van der Waals surface area (Å²) in [6.07, 6.45) is 3.84. The number of rotatable bonds is 4. The molecule has 1 aliphatic heterocycles. The molecular formula is C17H23N5O2. The average Bonchev–Trinajstić information content (AvgIpc) is 3.14. The number of carbonyl (C=O) groups is 1. The lowest BCUT2D eigenvalue weighted by Crippen LogP contribution is -2.36. The Balaban J connectivity index is 1.87. The van der Waals surface area contributed by atoms with Crippen LogP contribution in [0.3, 0.4) is 0 Å². The number of hydrogen-bond donors (Lipinski definition) is 0. The summed E-state index contributed by atoms with van der Waals surface area (Å²) in [5, 5.41) is 3.98. The van der Waals surface area contributed by atoms with E-state index in [9.17, 15) is 4.79 Å². The molecule has 3 heterocycles. The number of aryl methyl sites for hydroxylation is 2. The van der Waals surface area contributed by atoms with Gasteiger partial charge in [-0.1, -0.05) is 5.16 Å². The Hall–Kier alpha value is -2.28. The molecule has 1 aliphatic rings. The highest BCUT2D eigenvalue weighted by Gasteiger charge is 2.29. The summed E-state index contributed by atoms with van der Waals surface area (Å²) in [5.74, 6) is 1.46. The van der Waals surface area contributed by atoms with Crippen molar-refractivity contribution in [1.29, 1.82) is 0 Å². The number of hydrogen-bond acceptors (Lipinski definition) is 6. The monoisotopic (exact) mass is 329 g/mol. The second-order valence-corrected chi connectivity index (χ2v) is 6.42. The van der Waals surface area contributed by atoms with Crippen molar-refractivity contribution >= 4 is 5.91 Å². The molecule has 3 rings (SSSR count). The van der Waals surface area contributed by atoms with E-state index in [1.54, 1.807) is 25.2 Å². The zero-order valence-corrected chi connectivity index (χ0v) is 14.6. The second kappa shape index (κ2) is 6.68. The van der Waals surface area contributed by atoms with Crippen molar-refractivity contribution in [2.45, 2.75) is 32.7 Å². The van der Waals surface area contributed by atoms with Crippen LogP contribution in [0.15, 0.2) is 16.8 Å². The Bertz CT molecular complexity index is 721. The maximum absolute atomic E-state index is 12.0. The first-order valence-electron chi connectivity index (χ1n) is 8.17. The SMILES string of the molecule is Cc1noc(C)c1-c1nccc(C2CCCN2CC(=O)N(C)C)n1. The lowest BCUT2D eigenvalue weighted by atomic mass is 10.1. The average molecular weight is 329 g/mol. The first kappa shape index (κ1) is 16.6. The zero-order valence-electron chi connectivity index (χ0n) is 14.6. The van der Waals surface area contributed by atoms with Crippen molar-refractivity contribution in [1.82, 2.24) is 24.9 Å². The Morgan fingerprint density at radius 1 is 1.42 bits per heavy atom. The van der Waals surface area contributed by atoms with Crippen LogP contribution < -0.4 is 0 Å². The molecule has 1 saturated heterocycles. The Morgan fingerprint density at radius 2 is 2.21 bits per heavy atom. The molecule has 1 unspecified atom stereocenters. The van der Waals surface area contributed by atoms with Gasteiger partial charge in [0, 0.05) is 20.3 Å². The minimum Gasteiger partial charge on any atom is -0.361 e. The molecular weight excluding hydrogens is 306 g/mol. The standard InChI is InChI=1S/C17H23N5O2/c1-11-16(12(2)24-20-11)17-18-8-7-13(19-17)14-6-5-9-22(14)10-15(23)21(3)4/h7-8,14H,5-6,9-10H2,1-4H3. The molecule has 128 valence electrons. The Kier molecular flexibility index (Phi) is 4.62. The fourth-order valence-electron chi connectivity index (χ4n) is 3.15. The van der Waals surface area contributed by atoms with Crippen molar-refractivity contribution in [3.05, 3.63) is 29.4 Å². The smallest absolute Gasteiger partial charge is 0.236 e. The molecule has 0 bridgehead atoms. The van der Waals surface area contributed by atoms with E-state index in [0.29, 0.717) is 12.4 Å². The first-order valence-corrected chi connectivity index (χ1v) is 8.17. The summed E-state index contributed by atoms with van der Waals surface area (Å²) in [4.78, 5) is 25.0. The fourth-order valence-corrected chi connectivity index (χ4v) is 3.15. The molecule has 24 heavy (non-hydrogen) atoms. The van der Waals surface area contributed by atoms with Crippen LogP contribution in [0.5, 0.6) is 0 Å². The van der Waals surface area contributed by atoms with Crippen LogP contribution in [0.2, 0.25) is 0 Å². The van der Waals surface area contributed by atoms with Gasteiger partial charge in [0.1, 0.15) is 5.76 Å². The minimum atomic E-state index is 0.113. The van der Waals surface area contributed by atoms with Gasteiger partial charge in [0.2, 0.25) is 5.91 Å². The molecule has 1 amide bonds. The molecule has 0 aromatic carbocycles. The molecule has 0 spiro atoms. The highest BCUT2D eigenvalue weighted by molar-refractivity contribution is 5.77. The number of likely N-dealkylation sites (N-methyl/N-ethyl adjacent to an activating group) is 1. The van der Waals surface area contributed by atoms with Crippen LogP contribution in [0, 0.1) is 13.8 Å². The van der Waals surface area contributed by atoms with Gasteiger partial charge in [-0.05, 0) is 39.3 Å². The van der Waals surface area contributed by atoms with Gasteiger partial charge in [-0.3, -0.25) is 9.69 Å². The van der Waals surface area contributed by atoms with Crippen molar-refractivity contribution < 1.29 is 9.32 Å². The number of aromatic nitrogens is 3. The molecule has 0 aliphatic carbocycles. The largest absolute Gasteiger partial charge is 0.361 e. The molecule has 0 radical (unpaired) electrons. The lowest BCUT2D eigenvalue weighted by Gasteiger charge is -2.25. The van der Waals surface area contributed by atoms with Crippen LogP contribution >= 0.6 is 0 Å². The number of amides is 1. The van der Waals surface area contributed by atoms with Crippen LogP contribution in [0.25, 0.3) is 11.4 Å². The summed E-state index contributed by atoms with van der Waals surface area (Å²) in [5.41, 5.74) is 2.59. The first-order chi connectivity index (χ1) is 11.5. The van der Waals surface area contributed by atoms with Crippen molar-refractivity contribution in [3.63, 3.8) is 0 Å². The number of likely N-dealkylation sites (tertiary alicyclic amines) is 1. The molecule has 0 N–H and O–H groups in total. The summed E-state index contributed by atoms with van der Waals surface area (Å²) < 4.78 is 5.22. The maximum Gasteiger partial charge on any atom is 0.236 e. The van der Waals surface area contributed by atoms with Crippen molar-refractivity contribution in [2.24, 2.45) is 0 Å². The fraction of sp³-hybridized carbons (Fsp3) is 0.529. The van der Waals surface area contributed by atoms with Gasteiger partial charge in [-0.25, -0.2) is 9.97 Å². The Morgan fingerprint density at radius 3 is 2.88 bits per heavy atom. The molecule has 7 heteroatoms.